The Hall–Kier alpha value is -1.49. The minimum absolute atomic E-state index is 0.0637. The van der Waals surface area contributed by atoms with Crippen LogP contribution in [0.2, 0.25) is 15.2 Å². The van der Waals surface area contributed by atoms with Gasteiger partial charge >= 0.3 is 0 Å². The maximum Gasteiger partial charge on any atom is 0.275 e. The van der Waals surface area contributed by atoms with E-state index < -0.39 is 5.91 Å². The predicted molar refractivity (Wildman–Crippen MR) is 88.0 cm³/mol. The molecule has 1 N–H and O–H groups in total. The summed E-state index contributed by atoms with van der Waals surface area (Å²) in [6, 6.07) is 8.29. The molecule has 0 spiro atoms. The molecule has 1 aromatic carbocycles. The summed E-state index contributed by atoms with van der Waals surface area (Å²) >= 11 is 17.9. The van der Waals surface area contributed by atoms with Crippen LogP contribution in [0.4, 0.5) is 11.4 Å². The molecular formula is C14H12Cl3N3O. The van der Waals surface area contributed by atoms with Crippen molar-refractivity contribution in [3.8, 4) is 0 Å². The van der Waals surface area contributed by atoms with E-state index in [1.807, 2.05) is 19.0 Å². The number of carbonyl (C=O) groups excluding carboxylic acids is 1. The van der Waals surface area contributed by atoms with Crippen molar-refractivity contribution in [2.75, 3.05) is 24.3 Å². The van der Waals surface area contributed by atoms with Crippen LogP contribution in [0, 0.1) is 0 Å². The van der Waals surface area contributed by atoms with Gasteiger partial charge in [0.1, 0.15) is 10.8 Å². The van der Waals surface area contributed by atoms with Gasteiger partial charge in [-0.25, -0.2) is 4.98 Å². The van der Waals surface area contributed by atoms with E-state index in [-0.39, 0.29) is 15.9 Å². The molecule has 0 saturated carbocycles. The van der Waals surface area contributed by atoms with Gasteiger partial charge in [0.2, 0.25) is 0 Å². The number of amides is 1. The Bertz CT molecular complexity index is 689. The van der Waals surface area contributed by atoms with Gasteiger partial charge in [0.25, 0.3) is 5.91 Å². The fourth-order valence-corrected chi connectivity index (χ4v) is 2.51. The van der Waals surface area contributed by atoms with E-state index in [4.69, 9.17) is 34.8 Å². The van der Waals surface area contributed by atoms with Crippen molar-refractivity contribution < 1.29 is 4.79 Å². The Morgan fingerprint density at radius 1 is 1.10 bits per heavy atom. The van der Waals surface area contributed by atoms with E-state index in [1.54, 1.807) is 18.2 Å². The SMILES string of the molecule is CN(C)c1c(Cl)cccc1NC(=O)c1nc(Cl)ccc1Cl. The summed E-state index contributed by atoms with van der Waals surface area (Å²) in [5, 5.41) is 3.70. The summed E-state index contributed by atoms with van der Waals surface area (Å²) in [4.78, 5) is 18.0. The molecule has 1 aromatic heterocycles. The van der Waals surface area contributed by atoms with Crippen LogP contribution in [0.5, 0.6) is 0 Å². The average molecular weight is 345 g/mol. The highest BCUT2D eigenvalue weighted by molar-refractivity contribution is 6.36. The van der Waals surface area contributed by atoms with Crippen LogP contribution in [0.3, 0.4) is 0 Å². The van der Waals surface area contributed by atoms with Crippen molar-refractivity contribution in [3.63, 3.8) is 0 Å². The van der Waals surface area contributed by atoms with Gasteiger partial charge in [0.15, 0.2) is 0 Å². The van der Waals surface area contributed by atoms with E-state index >= 15 is 0 Å². The number of pyridine rings is 1. The third-order valence-corrected chi connectivity index (χ3v) is 3.53. The Balaban J connectivity index is 2.36. The molecule has 0 fully saturated rings. The van der Waals surface area contributed by atoms with Crippen molar-refractivity contribution in [3.05, 3.63) is 51.2 Å². The molecule has 7 heteroatoms. The van der Waals surface area contributed by atoms with E-state index in [2.05, 4.69) is 10.3 Å². The van der Waals surface area contributed by atoms with Crippen LogP contribution >= 0.6 is 34.8 Å². The first-order valence-corrected chi connectivity index (χ1v) is 7.12. The summed E-state index contributed by atoms with van der Waals surface area (Å²) < 4.78 is 0. The number of halogens is 3. The molecule has 0 aliphatic carbocycles. The molecule has 0 saturated heterocycles. The molecule has 2 aromatic rings. The molecule has 0 aliphatic rings. The van der Waals surface area contributed by atoms with Crippen LogP contribution in [0.1, 0.15) is 10.5 Å². The quantitative estimate of drug-likeness (QED) is 0.841. The second kappa shape index (κ2) is 6.52. The number of nitrogens with one attached hydrogen (secondary N) is 1. The van der Waals surface area contributed by atoms with Crippen molar-refractivity contribution in [1.82, 2.24) is 4.98 Å². The lowest BCUT2D eigenvalue weighted by Gasteiger charge is -2.19. The molecule has 2 rings (SSSR count). The zero-order chi connectivity index (χ0) is 15.6. The highest BCUT2D eigenvalue weighted by Crippen LogP contribution is 2.33. The average Bonchev–Trinajstić information content (AvgIpc) is 2.41. The van der Waals surface area contributed by atoms with Crippen molar-refractivity contribution in [1.29, 1.82) is 0 Å². The Labute approximate surface area is 137 Å². The molecule has 0 radical (unpaired) electrons. The first-order valence-electron chi connectivity index (χ1n) is 5.99. The van der Waals surface area contributed by atoms with Gasteiger partial charge in [0, 0.05) is 14.1 Å². The van der Waals surface area contributed by atoms with Crippen LogP contribution in [0.15, 0.2) is 30.3 Å². The highest BCUT2D eigenvalue weighted by Gasteiger charge is 2.16. The Kier molecular flexibility index (Phi) is 4.93. The summed E-state index contributed by atoms with van der Waals surface area (Å²) in [5.74, 6) is -0.451. The topological polar surface area (TPSA) is 45.2 Å². The van der Waals surface area contributed by atoms with Gasteiger partial charge in [-0.05, 0) is 24.3 Å². The second-order valence-electron chi connectivity index (χ2n) is 4.45. The van der Waals surface area contributed by atoms with Crippen LogP contribution in [-0.2, 0) is 0 Å². The van der Waals surface area contributed by atoms with Crippen molar-refractivity contribution in [2.24, 2.45) is 0 Å². The standard InChI is InChI=1S/C14H12Cl3N3O/c1-20(2)13-9(16)4-3-5-10(13)18-14(21)12-8(15)6-7-11(17)19-12/h3-7H,1-2H3,(H,18,21). The lowest BCUT2D eigenvalue weighted by atomic mass is 10.2. The minimum atomic E-state index is -0.451. The smallest absolute Gasteiger partial charge is 0.275 e. The molecule has 0 atom stereocenters. The molecule has 21 heavy (non-hydrogen) atoms. The van der Waals surface area contributed by atoms with Crippen molar-refractivity contribution in [2.45, 2.75) is 0 Å². The summed E-state index contributed by atoms with van der Waals surface area (Å²) in [6.07, 6.45) is 0. The van der Waals surface area contributed by atoms with E-state index in [0.717, 1.165) is 0 Å². The number of anilines is 2. The zero-order valence-corrected chi connectivity index (χ0v) is 13.6. The fourth-order valence-electron chi connectivity index (χ4n) is 1.83. The van der Waals surface area contributed by atoms with Gasteiger partial charge in [-0.1, -0.05) is 40.9 Å². The first-order chi connectivity index (χ1) is 9.90. The maximum atomic E-state index is 12.3. The van der Waals surface area contributed by atoms with Gasteiger partial charge in [-0.3, -0.25) is 4.79 Å². The van der Waals surface area contributed by atoms with E-state index in [0.29, 0.717) is 16.4 Å². The van der Waals surface area contributed by atoms with Gasteiger partial charge < -0.3 is 10.2 Å². The monoisotopic (exact) mass is 343 g/mol. The van der Waals surface area contributed by atoms with Gasteiger partial charge in [0.05, 0.1) is 21.4 Å². The number of aromatic nitrogens is 1. The highest BCUT2D eigenvalue weighted by atomic mass is 35.5. The van der Waals surface area contributed by atoms with E-state index in [9.17, 15) is 4.79 Å². The third kappa shape index (κ3) is 3.59. The number of hydrogen-bond acceptors (Lipinski definition) is 3. The molecule has 110 valence electrons. The molecule has 0 aliphatic heterocycles. The predicted octanol–water partition coefficient (Wildman–Crippen LogP) is 4.36. The minimum Gasteiger partial charge on any atom is -0.375 e. The summed E-state index contributed by atoms with van der Waals surface area (Å²) in [7, 11) is 3.67. The Morgan fingerprint density at radius 2 is 1.81 bits per heavy atom. The van der Waals surface area contributed by atoms with Gasteiger partial charge in [-0.2, -0.15) is 0 Å². The molecule has 0 unspecified atom stereocenters. The number of carbonyl (C=O) groups is 1. The normalized spacial score (nSPS) is 10.3. The van der Waals surface area contributed by atoms with Gasteiger partial charge in [-0.15, -0.1) is 0 Å². The molecular weight excluding hydrogens is 333 g/mol. The molecule has 4 nitrogen and oxygen atoms in total. The second-order valence-corrected chi connectivity index (χ2v) is 5.65. The number of hydrogen-bond donors (Lipinski definition) is 1. The largest absolute Gasteiger partial charge is 0.375 e. The molecule has 1 heterocycles. The fraction of sp³-hybridized carbons (Fsp3) is 0.143. The third-order valence-electron chi connectivity index (χ3n) is 2.71. The van der Waals surface area contributed by atoms with E-state index in [1.165, 1.54) is 12.1 Å². The lowest BCUT2D eigenvalue weighted by molar-refractivity contribution is 0.102. The number of rotatable bonds is 3. The van der Waals surface area contributed by atoms with Crippen LogP contribution < -0.4 is 10.2 Å². The maximum absolute atomic E-state index is 12.3. The van der Waals surface area contributed by atoms with Crippen LogP contribution in [-0.4, -0.2) is 25.0 Å². The first kappa shape index (κ1) is 15.9. The lowest BCUT2D eigenvalue weighted by Crippen LogP contribution is -2.18. The zero-order valence-electron chi connectivity index (χ0n) is 11.3. The van der Waals surface area contributed by atoms with Crippen LogP contribution in [0.25, 0.3) is 0 Å². The Morgan fingerprint density at radius 3 is 2.48 bits per heavy atom. The molecule has 0 bridgehead atoms. The van der Waals surface area contributed by atoms with Crippen molar-refractivity contribution >= 4 is 52.1 Å². The summed E-state index contributed by atoms with van der Waals surface area (Å²) in [5.41, 5.74) is 1.33. The number of benzene rings is 1. The molecule has 1 amide bonds. The summed E-state index contributed by atoms with van der Waals surface area (Å²) in [6.45, 7) is 0. The number of para-hydroxylation sites is 1. The number of nitrogens with zero attached hydrogens (tertiary/aromatic N) is 2.